The highest BCUT2D eigenvalue weighted by Gasteiger charge is 2.37. The van der Waals surface area contributed by atoms with Crippen molar-refractivity contribution < 1.29 is 9.90 Å². The maximum absolute atomic E-state index is 12.1. The number of alkyl halides is 1. The molecule has 0 spiro atoms. The molecule has 0 fully saturated rings. The van der Waals surface area contributed by atoms with E-state index in [1.807, 2.05) is 6.07 Å². The Bertz CT molecular complexity index is 446. The Balaban J connectivity index is 2.30. The molecule has 2 atom stereocenters. The van der Waals surface area contributed by atoms with E-state index in [-0.39, 0.29) is 5.78 Å². The lowest BCUT2D eigenvalue weighted by molar-refractivity contribution is 0.0764. The van der Waals surface area contributed by atoms with E-state index >= 15 is 0 Å². The van der Waals surface area contributed by atoms with Gasteiger partial charge in [-0.3, -0.25) is 4.79 Å². The van der Waals surface area contributed by atoms with E-state index in [1.54, 1.807) is 42.5 Å². The summed E-state index contributed by atoms with van der Waals surface area (Å²) in [5, 5.41) is 8.25. The lowest BCUT2D eigenvalue weighted by Crippen LogP contribution is -2.35. The second-order valence-corrected chi connectivity index (χ2v) is 4.29. The molecule has 2 unspecified atom stereocenters. The van der Waals surface area contributed by atoms with Gasteiger partial charge in [0.2, 0.25) is 0 Å². The van der Waals surface area contributed by atoms with E-state index < -0.39 is 11.0 Å². The molecule has 0 aliphatic heterocycles. The first-order valence-corrected chi connectivity index (χ1v) is 5.35. The smallest absolute Gasteiger partial charge is 0.174 e. The highest BCUT2D eigenvalue weighted by molar-refractivity contribution is 6.26. The number of allylic oxidation sites excluding steroid dienone is 2. The number of aliphatic hydroxyl groups is 1. The van der Waals surface area contributed by atoms with Crippen molar-refractivity contribution in [2.24, 2.45) is 5.92 Å². The third-order valence-electron chi connectivity index (χ3n) is 2.52. The lowest BCUT2D eigenvalue weighted by Gasteiger charge is -2.26. The number of Topliss-reactive ketones (excluding diaryl/α,β-unsaturated/α-hetero) is 1. The number of carbonyl (C=O) groups excluding carboxylic acids is 1. The number of hydrogen-bond acceptors (Lipinski definition) is 2. The fourth-order valence-corrected chi connectivity index (χ4v) is 1.90. The van der Waals surface area contributed by atoms with Gasteiger partial charge in [0.1, 0.15) is 0 Å². The Morgan fingerprint density at radius 2 is 1.94 bits per heavy atom. The molecular formula is C13H11ClO2. The van der Waals surface area contributed by atoms with Crippen LogP contribution in [-0.4, -0.2) is 16.0 Å². The molecule has 0 saturated heterocycles. The van der Waals surface area contributed by atoms with Crippen molar-refractivity contribution in [1.29, 1.82) is 0 Å². The predicted molar refractivity (Wildman–Crippen MR) is 63.3 cm³/mol. The standard InChI is InChI=1S/C13H11ClO2/c14-13(16)9-5-4-8-11(13)12(15)10-6-2-1-3-7-10/h1-9,11,16H. The molecular weight excluding hydrogens is 224 g/mol. The van der Waals surface area contributed by atoms with Gasteiger partial charge in [-0.2, -0.15) is 0 Å². The molecule has 0 aromatic heterocycles. The van der Waals surface area contributed by atoms with Gasteiger partial charge < -0.3 is 5.11 Å². The number of carbonyl (C=O) groups is 1. The molecule has 0 heterocycles. The molecule has 2 rings (SSSR count). The molecule has 3 heteroatoms. The van der Waals surface area contributed by atoms with E-state index in [2.05, 4.69) is 0 Å². The fraction of sp³-hybridized carbons (Fsp3) is 0.154. The summed E-state index contributed by atoms with van der Waals surface area (Å²) in [5.74, 6) is -0.916. The van der Waals surface area contributed by atoms with Gasteiger partial charge in [-0.05, 0) is 6.08 Å². The average Bonchev–Trinajstić information content (AvgIpc) is 2.29. The summed E-state index contributed by atoms with van der Waals surface area (Å²) in [6.07, 6.45) is 6.37. The zero-order valence-electron chi connectivity index (χ0n) is 8.51. The first kappa shape index (κ1) is 11.1. The zero-order valence-corrected chi connectivity index (χ0v) is 9.26. The molecule has 1 aliphatic rings. The van der Waals surface area contributed by atoms with Crippen LogP contribution < -0.4 is 0 Å². The van der Waals surface area contributed by atoms with Crippen LogP contribution in [-0.2, 0) is 0 Å². The summed E-state index contributed by atoms with van der Waals surface area (Å²) < 4.78 is 0. The molecule has 1 aromatic carbocycles. The molecule has 0 amide bonds. The fourth-order valence-electron chi connectivity index (χ4n) is 1.66. The van der Waals surface area contributed by atoms with Gasteiger partial charge in [0.15, 0.2) is 10.8 Å². The Hall–Kier alpha value is -1.38. The van der Waals surface area contributed by atoms with Crippen molar-refractivity contribution in [1.82, 2.24) is 0 Å². The summed E-state index contributed by atoms with van der Waals surface area (Å²) >= 11 is 5.88. The van der Waals surface area contributed by atoms with Crippen LogP contribution in [0.5, 0.6) is 0 Å². The van der Waals surface area contributed by atoms with Gasteiger partial charge in [-0.1, -0.05) is 60.2 Å². The van der Waals surface area contributed by atoms with Crippen molar-refractivity contribution in [2.75, 3.05) is 0 Å². The largest absolute Gasteiger partial charge is 0.370 e. The maximum atomic E-state index is 12.1. The van der Waals surface area contributed by atoms with E-state index in [0.717, 1.165) is 0 Å². The van der Waals surface area contributed by atoms with Gasteiger partial charge in [0.25, 0.3) is 0 Å². The van der Waals surface area contributed by atoms with Gasteiger partial charge >= 0.3 is 0 Å². The highest BCUT2D eigenvalue weighted by Crippen LogP contribution is 2.31. The van der Waals surface area contributed by atoms with Crippen LogP contribution in [0.25, 0.3) is 0 Å². The summed E-state index contributed by atoms with van der Waals surface area (Å²) in [7, 11) is 0. The molecule has 1 aromatic rings. The number of rotatable bonds is 2. The third-order valence-corrected chi connectivity index (χ3v) is 2.88. The van der Waals surface area contributed by atoms with Crippen molar-refractivity contribution in [2.45, 2.75) is 5.06 Å². The molecule has 1 N–H and O–H groups in total. The van der Waals surface area contributed by atoms with Crippen LogP contribution in [0.15, 0.2) is 54.6 Å². The minimum Gasteiger partial charge on any atom is -0.370 e. The van der Waals surface area contributed by atoms with E-state index in [9.17, 15) is 9.90 Å². The Morgan fingerprint density at radius 1 is 1.25 bits per heavy atom. The van der Waals surface area contributed by atoms with E-state index in [0.29, 0.717) is 5.56 Å². The molecule has 0 bridgehead atoms. The van der Waals surface area contributed by atoms with Crippen LogP contribution in [0.3, 0.4) is 0 Å². The quantitative estimate of drug-likeness (QED) is 0.631. The van der Waals surface area contributed by atoms with Crippen molar-refractivity contribution in [3.63, 3.8) is 0 Å². The predicted octanol–water partition coefficient (Wildman–Crippen LogP) is 2.54. The zero-order chi connectivity index (χ0) is 11.6. The van der Waals surface area contributed by atoms with Crippen molar-refractivity contribution in [3.05, 3.63) is 60.2 Å². The highest BCUT2D eigenvalue weighted by atomic mass is 35.5. The van der Waals surface area contributed by atoms with Crippen LogP contribution in [0.4, 0.5) is 0 Å². The SMILES string of the molecule is O=C(c1ccccc1)C1C=CC=CC1(O)Cl. The maximum Gasteiger partial charge on any atom is 0.174 e. The lowest BCUT2D eigenvalue weighted by atomic mass is 9.89. The minimum atomic E-state index is -1.62. The summed E-state index contributed by atoms with van der Waals surface area (Å²) in [4.78, 5) is 12.1. The molecule has 82 valence electrons. The van der Waals surface area contributed by atoms with Crippen molar-refractivity contribution in [3.8, 4) is 0 Å². The summed E-state index contributed by atoms with van der Waals surface area (Å²) in [5.41, 5.74) is 0.548. The normalized spacial score (nSPS) is 28.0. The summed E-state index contributed by atoms with van der Waals surface area (Å²) in [6, 6.07) is 8.81. The van der Waals surface area contributed by atoms with Gasteiger partial charge in [0.05, 0.1) is 5.92 Å². The molecule has 2 nitrogen and oxygen atoms in total. The Labute approximate surface area is 98.9 Å². The van der Waals surface area contributed by atoms with E-state index in [4.69, 9.17) is 11.6 Å². The second kappa shape index (κ2) is 4.24. The van der Waals surface area contributed by atoms with E-state index in [1.165, 1.54) is 6.08 Å². The molecule has 16 heavy (non-hydrogen) atoms. The minimum absolute atomic E-state index is 0.182. The Kier molecular flexibility index (Phi) is 2.95. The van der Waals surface area contributed by atoms with Crippen molar-refractivity contribution >= 4 is 17.4 Å². The van der Waals surface area contributed by atoms with Gasteiger partial charge in [-0.25, -0.2) is 0 Å². The van der Waals surface area contributed by atoms with Crippen LogP contribution in [0, 0.1) is 5.92 Å². The third kappa shape index (κ3) is 2.08. The van der Waals surface area contributed by atoms with Crippen LogP contribution >= 0.6 is 11.6 Å². The average molecular weight is 235 g/mol. The second-order valence-electron chi connectivity index (χ2n) is 3.68. The van der Waals surface area contributed by atoms with Gasteiger partial charge in [-0.15, -0.1) is 0 Å². The van der Waals surface area contributed by atoms with Crippen LogP contribution in [0.1, 0.15) is 10.4 Å². The monoisotopic (exact) mass is 234 g/mol. The number of benzene rings is 1. The number of ketones is 1. The molecule has 0 radical (unpaired) electrons. The number of halogens is 1. The van der Waals surface area contributed by atoms with Crippen LogP contribution in [0.2, 0.25) is 0 Å². The van der Waals surface area contributed by atoms with Gasteiger partial charge in [0, 0.05) is 5.56 Å². The summed E-state index contributed by atoms with van der Waals surface area (Å²) in [6.45, 7) is 0. The first-order valence-electron chi connectivity index (χ1n) is 4.98. The molecule has 0 saturated carbocycles. The molecule has 1 aliphatic carbocycles. The first-order chi connectivity index (χ1) is 7.61. The topological polar surface area (TPSA) is 37.3 Å². The Morgan fingerprint density at radius 3 is 2.56 bits per heavy atom. The number of hydrogen-bond donors (Lipinski definition) is 1.